The minimum absolute atomic E-state index is 0.0808. The lowest BCUT2D eigenvalue weighted by molar-refractivity contribution is 0.525. The first-order valence-corrected chi connectivity index (χ1v) is 8.76. The van der Waals surface area contributed by atoms with Crippen LogP contribution in [0.4, 0.5) is 0 Å². The molecule has 5 nitrogen and oxygen atoms in total. The van der Waals surface area contributed by atoms with E-state index in [1.165, 1.54) is 35.9 Å². The van der Waals surface area contributed by atoms with Gasteiger partial charge in [-0.05, 0) is 49.9 Å². The molecule has 0 spiro atoms. The summed E-state index contributed by atoms with van der Waals surface area (Å²) in [5.41, 5.74) is 5.09. The second-order valence-corrected chi connectivity index (χ2v) is 7.11. The van der Waals surface area contributed by atoms with Crippen molar-refractivity contribution >= 4 is 16.6 Å². The summed E-state index contributed by atoms with van der Waals surface area (Å²) in [6.45, 7) is 4.93. The average molecular weight is 324 g/mol. The van der Waals surface area contributed by atoms with Crippen molar-refractivity contribution in [1.29, 1.82) is 0 Å². The van der Waals surface area contributed by atoms with Crippen LogP contribution >= 0.6 is 0 Å². The van der Waals surface area contributed by atoms with E-state index in [9.17, 15) is 4.79 Å². The smallest absolute Gasteiger partial charge is 0.310 e. The van der Waals surface area contributed by atoms with E-state index in [1.54, 1.807) is 11.4 Å². The number of hydrogen-bond acceptors (Lipinski definition) is 3. The SMILES string of the molecule is Cc1cc(C)c2cc(CNC3CCCC3)c3nn(C)c(=O)n3c2c1. The minimum atomic E-state index is -0.0808. The zero-order valence-corrected chi connectivity index (χ0v) is 14.6. The standard InChI is InChI=1S/C19H24N4O/c1-12-8-13(2)16-10-14(11-20-15-6-4-5-7-15)18-21-22(3)19(24)23(18)17(16)9-12/h8-10,15,20H,4-7,11H2,1-3H3. The molecule has 1 aromatic carbocycles. The topological polar surface area (TPSA) is 51.3 Å². The Hall–Kier alpha value is -2.14. The Labute approximate surface area is 141 Å². The summed E-state index contributed by atoms with van der Waals surface area (Å²) in [4.78, 5) is 12.6. The zero-order chi connectivity index (χ0) is 16.8. The normalized spacial score (nSPS) is 15.8. The third kappa shape index (κ3) is 2.44. The number of hydrogen-bond donors (Lipinski definition) is 1. The molecule has 5 heteroatoms. The second-order valence-electron chi connectivity index (χ2n) is 7.11. The van der Waals surface area contributed by atoms with Crippen LogP contribution in [0.25, 0.3) is 16.6 Å². The third-order valence-electron chi connectivity index (χ3n) is 5.22. The molecule has 1 N–H and O–H groups in total. The second kappa shape index (κ2) is 5.74. The van der Waals surface area contributed by atoms with Crippen LogP contribution in [0, 0.1) is 13.8 Å². The first kappa shape index (κ1) is 15.4. The van der Waals surface area contributed by atoms with Crippen molar-refractivity contribution in [3.05, 3.63) is 45.4 Å². The van der Waals surface area contributed by atoms with Gasteiger partial charge < -0.3 is 5.32 Å². The molecule has 0 bridgehead atoms. The predicted octanol–water partition coefficient (Wildman–Crippen LogP) is 2.84. The maximum atomic E-state index is 12.6. The van der Waals surface area contributed by atoms with Crippen molar-refractivity contribution in [3.63, 3.8) is 0 Å². The van der Waals surface area contributed by atoms with Gasteiger partial charge in [0.15, 0.2) is 5.65 Å². The van der Waals surface area contributed by atoms with Gasteiger partial charge in [-0.2, -0.15) is 0 Å². The highest BCUT2D eigenvalue weighted by Crippen LogP contribution is 2.24. The van der Waals surface area contributed by atoms with Crippen molar-refractivity contribution < 1.29 is 0 Å². The Morgan fingerprint density at radius 2 is 1.96 bits per heavy atom. The molecule has 0 saturated heterocycles. The van der Waals surface area contributed by atoms with Crippen LogP contribution in [0.2, 0.25) is 0 Å². The van der Waals surface area contributed by atoms with E-state index < -0.39 is 0 Å². The fourth-order valence-electron chi connectivity index (χ4n) is 3.97. The molecule has 2 heterocycles. The molecule has 2 aromatic heterocycles. The van der Waals surface area contributed by atoms with Crippen LogP contribution in [0.3, 0.4) is 0 Å². The lowest BCUT2D eigenvalue weighted by Crippen LogP contribution is -2.25. The van der Waals surface area contributed by atoms with Crippen LogP contribution in [-0.2, 0) is 13.6 Å². The average Bonchev–Trinajstić information content (AvgIpc) is 3.15. The monoisotopic (exact) mass is 324 g/mol. The highest BCUT2D eigenvalue weighted by Gasteiger charge is 2.17. The fraction of sp³-hybridized carbons (Fsp3) is 0.474. The molecule has 0 aliphatic heterocycles. The molecule has 1 fully saturated rings. The predicted molar refractivity (Wildman–Crippen MR) is 96.5 cm³/mol. The van der Waals surface area contributed by atoms with E-state index in [-0.39, 0.29) is 5.69 Å². The number of benzene rings is 1. The van der Waals surface area contributed by atoms with Gasteiger partial charge in [-0.1, -0.05) is 18.9 Å². The number of nitrogens with one attached hydrogen (secondary N) is 1. The summed E-state index contributed by atoms with van der Waals surface area (Å²) in [6, 6.07) is 7.04. The highest BCUT2D eigenvalue weighted by atomic mass is 16.2. The Bertz CT molecular complexity index is 977. The zero-order valence-electron chi connectivity index (χ0n) is 14.6. The summed E-state index contributed by atoms with van der Waals surface area (Å²) in [7, 11) is 1.72. The van der Waals surface area contributed by atoms with Gasteiger partial charge in [-0.15, -0.1) is 5.10 Å². The lowest BCUT2D eigenvalue weighted by atomic mass is 10.0. The van der Waals surface area contributed by atoms with Gasteiger partial charge in [0.1, 0.15) is 0 Å². The van der Waals surface area contributed by atoms with Gasteiger partial charge in [-0.3, -0.25) is 0 Å². The van der Waals surface area contributed by atoms with Crippen LogP contribution < -0.4 is 11.0 Å². The van der Waals surface area contributed by atoms with Gasteiger partial charge in [0.25, 0.3) is 0 Å². The Morgan fingerprint density at radius 1 is 1.21 bits per heavy atom. The Kier molecular flexibility index (Phi) is 3.68. The molecule has 0 unspecified atom stereocenters. The molecule has 1 aliphatic carbocycles. The molecule has 4 rings (SSSR count). The summed E-state index contributed by atoms with van der Waals surface area (Å²) >= 11 is 0. The van der Waals surface area contributed by atoms with Crippen molar-refractivity contribution in [2.24, 2.45) is 7.05 Å². The van der Waals surface area contributed by atoms with Crippen LogP contribution in [0.5, 0.6) is 0 Å². The first-order valence-electron chi connectivity index (χ1n) is 8.76. The third-order valence-corrected chi connectivity index (χ3v) is 5.22. The van der Waals surface area contributed by atoms with E-state index in [0.717, 1.165) is 34.2 Å². The van der Waals surface area contributed by atoms with Crippen LogP contribution in [0.15, 0.2) is 23.0 Å². The van der Waals surface area contributed by atoms with Gasteiger partial charge in [-0.25, -0.2) is 13.9 Å². The summed E-state index contributed by atoms with van der Waals surface area (Å²) in [5, 5.41) is 9.28. The number of pyridine rings is 1. The van der Waals surface area contributed by atoms with Gasteiger partial charge in [0, 0.05) is 30.6 Å². The Balaban J connectivity index is 1.91. The van der Waals surface area contributed by atoms with Crippen LogP contribution in [-0.4, -0.2) is 20.2 Å². The van der Waals surface area contributed by atoms with Gasteiger partial charge in [0.2, 0.25) is 0 Å². The number of fused-ring (bicyclic) bond motifs is 3. The molecule has 0 atom stereocenters. The molecular formula is C19H24N4O. The Morgan fingerprint density at radius 3 is 2.71 bits per heavy atom. The quantitative estimate of drug-likeness (QED) is 0.806. The lowest BCUT2D eigenvalue weighted by Gasteiger charge is -2.14. The van der Waals surface area contributed by atoms with E-state index in [4.69, 9.17) is 0 Å². The molecule has 1 aliphatic rings. The molecule has 0 amide bonds. The summed E-state index contributed by atoms with van der Waals surface area (Å²) < 4.78 is 3.20. The molecule has 126 valence electrons. The number of nitrogens with zero attached hydrogens (tertiary/aromatic N) is 3. The van der Waals surface area contributed by atoms with Gasteiger partial charge in [0.05, 0.1) is 5.52 Å². The van der Waals surface area contributed by atoms with Crippen molar-refractivity contribution in [2.75, 3.05) is 0 Å². The van der Waals surface area contributed by atoms with E-state index in [0.29, 0.717) is 6.04 Å². The van der Waals surface area contributed by atoms with Crippen LogP contribution in [0.1, 0.15) is 42.4 Å². The van der Waals surface area contributed by atoms with E-state index >= 15 is 0 Å². The number of rotatable bonds is 3. The highest BCUT2D eigenvalue weighted by molar-refractivity contribution is 5.87. The molecule has 1 saturated carbocycles. The minimum Gasteiger partial charge on any atom is -0.310 e. The van der Waals surface area contributed by atoms with Gasteiger partial charge >= 0.3 is 5.69 Å². The number of aromatic nitrogens is 3. The van der Waals surface area contributed by atoms with E-state index in [1.807, 2.05) is 0 Å². The molecule has 0 radical (unpaired) electrons. The first-order chi connectivity index (χ1) is 11.5. The number of aryl methyl sites for hydroxylation is 3. The molecule has 3 aromatic rings. The van der Waals surface area contributed by atoms with Crippen molar-refractivity contribution in [3.8, 4) is 0 Å². The fourth-order valence-corrected chi connectivity index (χ4v) is 3.97. The van der Waals surface area contributed by atoms with Crippen molar-refractivity contribution in [1.82, 2.24) is 19.5 Å². The largest absolute Gasteiger partial charge is 0.350 e. The summed E-state index contributed by atoms with van der Waals surface area (Å²) in [6.07, 6.45) is 5.12. The maximum absolute atomic E-state index is 12.6. The summed E-state index contributed by atoms with van der Waals surface area (Å²) in [5.74, 6) is 0. The molecular weight excluding hydrogens is 300 g/mol. The maximum Gasteiger partial charge on any atom is 0.350 e. The van der Waals surface area contributed by atoms with E-state index in [2.05, 4.69) is 42.5 Å². The van der Waals surface area contributed by atoms with Crippen molar-refractivity contribution in [2.45, 2.75) is 52.1 Å². The molecule has 24 heavy (non-hydrogen) atoms.